The Morgan fingerprint density at radius 2 is 0.649 bits per heavy atom. The molecule has 23 nitrogen and oxygen atoms in total. The van der Waals surface area contributed by atoms with Gasteiger partial charge in [-0.1, -0.05) is 18.2 Å². The Labute approximate surface area is 657 Å². The van der Waals surface area contributed by atoms with Gasteiger partial charge in [-0.25, -0.2) is 52.0 Å². The molecule has 5 aromatic rings. The highest BCUT2D eigenvalue weighted by atomic mass is 32.2. The average molecular weight is 1670 g/mol. The SMILES string of the molecule is CN(C)S(=O)(=O)N1CC2CN([C@H]3CO[C@H](c4cc(F)ccc4F)[C@@H](N)C3)CC2C1.N[C@H]1C[C@@H](N2CC3CN(S(=O)(=O)C(F)(F)F)CC3C2)CO[C@@H]1c1cc(F)ccc1F.N[C@H]1C[C@@H](N2CC3CN(S(=O)(=O)c4ccccc4)CC3C2)CO[C@@H]1c1cc(F)ccc1F.N[C@H]1C[C@@H](N2CC3CNCC3C2)CO[C@@H]1c1cc(F)ccc1F. The number of likely N-dealkylation sites (tertiary alicyclic amines) is 4. The monoisotopic (exact) mass is 1670 g/mol. The van der Waals surface area contributed by atoms with Crippen LogP contribution >= 0.6 is 0 Å². The standard InChI is InChI=1S/C23H27F2N3O3S.C19H28F2N4O3S.C18H22F5N3O3S.C17H23F2N3O/c24-17-6-7-21(25)20(8-17)23-22(26)9-18(14-31-23)27-10-15-12-28(13-16(15)11-27)32(29,30)19-4-2-1-3-5-19;1-23(2)29(26,27)25-9-12-7-24(8-13(12)10-25)15-6-18(22)19(28-11-15)16-5-14(20)3-4-17(16)21;19-12-1-2-15(20)14(3-12)17-16(24)4-13(9-29-17)25-5-10-7-26(8-11(10)6-25)30(27,28)18(21,22)23;18-12-1-2-15(19)14(3-12)17-16(20)4-13(9-23-17)22-7-10-5-21-6-11(10)8-22/h1-8,15-16,18,22-23H,9-14,26H2;3-5,12-13,15,18-19H,6-11,22H2,1-2H3;1-3,10-11,13,16-17H,4-9,24H2;1-3,10-11,13,16-17,21H,4-9,20H2/t15?,16?,18-,22+,23-;12?,13?,15-,18+,19-;2*10?,11?,13-,16+,17-/m1111/s1. The highest BCUT2D eigenvalue weighted by Crippen LogP contribution is 2.44. The van der Waals surface area contributed by atoms with Crippen molar-refractivity contribution in [2.75, 3.05) is 145 Å². The van der Waals surface area contributed by atoms with Gasteiger partial charge >= 0.3 is 15.5 Å². The molecule has 628 valence electrons. The number of alkyl halides is 3. The Morgan fingerprint density at radius 1 is 0.377 bits per heavy atom. The van der Waals surface area contributed by atoms with E-state index in [1.54, 1.807) is 53.0 Å². The molecule has 0 aliphatic carbocycles. The van der Waals surface area contributed by atoms with Gasteiger partial charge in [-0.3, -0.25) is 19.6 Å². The van der Waals surface area contributed by atoms with E-state index in [-0.39, 0.29) is 95.8 Å². The number of ether oxygens (including phenoxy) is 4. The van der Waals surface area contributed by atoms with Crippen LogP contribution < -0.4 is 28.3 Å². The third-order valence-electron chi connectivity index (χ3n) is 25.4. The quantitative estimate of drug-likeness (QED) is 0.0812. The van der Waals surface area contributed by atoms with Crippen molar-refractivity contribution in [1.82, 2.24) is 42.1 Å². The zero-order chi connectivity index (χ0) is 81.2. The minimum atomic E-state index is -5.31. The number of sulfonamides is 2. The molecule has 20 atom stereocenters. The fourth-order valence-corrected chi connectivity index (χ4v) is 23.2. The van der Waals surface area contributed by atoms with Crippen LogP contribution in [-0.2, 0) is 49.2 Å². The summed E-state index contributed by atoms with van der Waals surface area (Å²) in [6.07, 6.45) is -0.234. The molecule has 12 fully saturated rings. The van der Waals surface area contributed by atoms with E-state index in [4.69, 9.17) is 41.9 Å². The molecule has 114 heavy (non-hydrogen) atoms. The predicted octanol–water partition coefficient (Wildman–Crippen LogP) is 6.28. The Kier molecular flexibility index (Phi) is 25.8. The van der Waals surface area contributed by atoms with E-state index in [0.717, 1.165) is 137 Å². The number of nitrogens with two attached hydrogens (primary N) is 4. The van der Waals surface area contributed by atoms with E-state index < -0.39 is 125 Å². The molecule has 0 radical (unpaired) electrons. The maximum absolute atomic E-state index is 14.2. The second kappa shape index (κ2) is 34.7. The number of nitrogens with one attached hydrogen (secondary N) is 1. The lowest BCUT2D eigenvalue weighted by atomic mass is 9.93. The molecular formula is C77H100F11N13O10S3. The molecule has 37 heteroatoms. The molecule has 0 bridgehead atoms. The highest BCUT2D eigenvalue weighted by molar-refractivity contribution is 7.90. The van der Waals surface area contributed by atoms with Crippen molar-refractivity contribution >= 4 is 30.3 Å². The minimum Gasteiger partial charge on any atom is -0.370 e. The summed E-state index contributed by atoms with van der Waals surface area (Å²) in [6, 6.07) is 20.4. The zero-order valence-corrected chi connectivity index (χ0v) is 65.6. The summed E-state index contributed by atoms with van der Waals surface area (Å²) in [7, 11) is -9.06. The van der Waals surface area contributed by atoms with Crippen molar-refractivity contribution < 1.29 is 92.5 Å². The molecule has 5 aromatic carbocycles. The summed E-state index contributed by atoms with van der Waals surface area (Å²) in [5.41, 5.74) is 20.4. The lowest BCUT2D eigenvalue weighted by Gasteiger charge is -2.39. The van der Waals surface area contributed by atoms with E-state index in [2.05, 4.69) is 20.0 Å². The van der Waals surface area contributed by atoms with Crippen molar-refractivity contribution in [3.05, 3.63) is 172 Å². The summed E-state index contributed by atoms with van der Waals surface area (Å²) < 4.78 is 251. The number of benzene rings is 5. The fourth-order valence-electron chi connectivity index (χ4n) is 19.3. The molecule has 0 amide bonds. The molecule has 12 saturated heterocycles. The predicted molar refractivity (Wildman–Crippen MR) is 399 cm³/mol. The van der Waals surface area contributed by atoms with Gasteiger partial charge in [-0.05, 0) is 171 Å². The molecule has 12 heterocycles. The van der Waals surface area contributed by atoms with Crippen molar-refractivity contribution in [3.63, 3.8) is 0 Å². The van der Waals surface area contributed by atoms with Crippen LogP contribution in [0, 0.1) is 93.9 Å². The van der Waals surface area contributed by atoms with Crippen molar-refractivity contribution in [2.45, 2.75) is 109 Å². The number of rotatable bonds is 13. The zero-order valence-electron chi connectivity index (χ0n) is 63.2. The molecule has 9 N–H and O–H groups in total. The normalized spacial score (nSPS) is 34.1. The van der Waals surface area contributed by atoms with Crippen LogP contribution in [0.4, 0.5) is 48.3 Å². The van der Waals surface area contributed by atoms with Gasteiger partial charge in [0.05, 0.1) is 31.3 Å². The highest BCUT2D eigenvalue weighted by Gasteiger charge is 2.56. The number of hydrogen-bond donors (Lipinski definition) is 5. The van der Waals surface area contributed by atoms with E-state index in [1.807, 2.05) is 4.90 Å². The largest absolute Gasteiger partial charge is 0.511 e. The van der Waals surface area contributed by atoms with Crippen LogP contribution in [0.3, 0.4) is 0 Å². The van der Waals surface area contributed by atoms with Gasteiger partial charge in [0.1, 0.15) is 71.0 Å². The molecular weight excluding hydrogens is 1570 g/mol. The van der Waals surface area contributed by atoms with E-state index >= 15 is 0 Å². The smallest absolute Gasteiger partial charge is 0.370 e. The summed E-state index contributed by atoms with van der Waals surface area (Å²) in [5.74, 6) is -1.97. The van der Waals surface area contributed by atoms with E-state index in [1.165, 1.54) is 10.4 Å². The molecule has 0 saturated carbocycles. The lowest BCUT2D eigenvalue weighted by molar-refractivity contribution is -0.0508. The van der Waals surface area contributed by atoms with Gasteiger partial charge < -0.3 is 47.2 Å². The summed E-state index contributed by atoms with van der Waals surface area (Å²) >= 11 is 0. The van der Waals surface area contributed by atoms with Gasteiger partial charge in [0.2, 0.25) is 10.0 Å². The van der Waals surface area contributed by atoms with Crippen LogP contribution in [0.15, 0.2) is 108 Å². The average Bonchev–Trinajstić information content (AvgIpc) is 1.62. The summed E-state index contributed by atoms with van der Waals surface area (Å²) in [4.78, 5) is 9.48. The third kappa shape index (κ3) is 18.2. The fraction of sp³-hybridized carbons (Fsp3) is 0.610. The van der Waals surface area contributed by atoms with Crippen molar-refractivity contribution in [1.29, 1.82) is 0 Å². The van der Waals surface area contributed by atoms with Gasteiger partial charge in [0, 0.05) is 176 Å². The first-order valence-electron chi connectivity index (χ1n) is 38.8. The van der Waals surface area contributed by atoms with Crippen LogP contribution in [0.1, 0.15) is 72.4 Å². The number of nitrogens with zero attached hydrogens (tertiary/aromatic N) is 8. The number of halogens is 11. The van der Waals surface area contributed by atoms with Crippen molar-refractivity contribution in [2.24, 2.45) is 70.3 Å². The molecule has 12 aliphatic rings. The number of hydrogen-bond acceptors (Lipinski definition) is 19. The van der Waals surface area contributed by atoms with Gasteiger partial charge in [-0.2, -0.15) is 38.8 Å². The minimum absolute atomic E-state index is 0.0623. The van der Waals surface area contributed by atoms with Crippen LogP contribution in [0.25, 0.3) is 0 Å². The second-order valence-electron chi connectivity index (χ2n) is 33.0. The van der Waals surface area contributed by atoms with Crippen LogP contribution in [-0.4, -0.2) is 261 Å². The maximum Gasteiger partial charge on any atom is 0.511 e. The van der Waals surface area contributed by atoms with E-state index in [9.17, 15) is 73.5 Å². The van der Waals surface area contributed by atoms with E-state index in [0.29, 0.717) is 99.4 Å². The Balaban J connectivity index is 0.000000126. The first-order chi connectivity index (χ1) is 54.1. The van der Waals surface area contributed by atoms with Crippen molar-refractivity contribution in [3.8, 4) is 0 Å². The molecule has 0 aromatic heterocycles. The Hall–Kier alpha value is -5.50. The third-order valence-corrected chi connectivity index (χ3v) is 30.7. The molecule has 0 spiro atoms. The lowest BCUT2D eigenvalue weighted by Crippen LogP contribution is -2.49. The first-order valence-corrected chi connectivity index (χ1v) is 43.1. The Morgan fingerprint density at radius 3 is 0.921 bits per heavy atom. The molecule has 17 rings (SSSR count). The molecule has 12 aliphatic heterocycles. The number of fused-ring (bicyclic) bond motifs is 4. The van der Waals surface area contributed by atoms with Gasteiger partial charge in [0.15, 0.2) is 0 Å². The molecule has 8 unspecified atom stereocenters. The summed E-state index contributed by atoms with van der Waals surface area (Å²) in [6.45, 7) is 11.7. The Bertz CT molecular complexity index is 4510. The summed E-state index contributed by atoms with van der Waals surface area (Å²) in [5, 5.41) is 3.44. The maximum atomic E-state index is 14.2. The van der Waals surface area contributed by atoms with Gasteiger partial charge in [-0.15, -0.1) is 0 Å². The van der Waals surface area contributed by atoms with Crippen LogP contribution in [0.2, 0.25) is 0 Å². The second-order valence-corrected chi connectivity index (χ2v) is 39.0. The first kappa shape index (κ1) is 84.9. The van der Waals surface area contributed by atoms with Gasteiger partial charge in [0.25, 0.3) is 10.2 Å². The van der Waals surface area contributed by atoms with Crippen LogP contribution in [0.5, 0.6) is 0 Å². The topological polar surface area (TPSA) is 281 Å².